The number of rotatable bonds is 8. The standard InChI is InChI=1S/C26H25N3O2S/c1-18(2)20-9-11-21(12-10-20)25-27-14-13-24(28-25)29(17-23-4-3-15-32-23)16-19-5-7-22(8-6-19)26(30)31/h3-15,18H,16-17H2,1-2H3,(H,30,31). The van der Waals surface area contributed by atoms with Crippen LogP contribution in [0.2, 0.25) is 0 Å². The molecule has 1 N–H and O–H groups in total. The first-order valence-electron chi connectivity index (χ1n) is 10.5. The Hall–Kier alpha value is -3.51. The van der Waals surface area contributed by atoms with Gasteiger partial charge < -0.3 is 10.0 Å². The molecule has 5 nitrogen and oxygen atoms in total. The van der Waals surface area contributed by atoms with Gasteiger partial charge in [0.1, 0.15) is 5.82 Å². The summed E-state index contributed by atoms with van der Waals surface area (Å²) in [5, 5.41) is 11.2. The fraction of sp³-hybridized carbons (Fsp3) is 0.192. The second-order valence-corrected chi connectivity index (χ2v) is 8.98. The predicted molar refractivity (Wildman–Crippen MR) is 129 cm³/mol. The lowest BCUT2D eigenvalue weighted by atomic mass is 10.0. The zero-order valence-corrected chi connectivity index (χ0v) is 18.9. The third-order valence-corrected chi connectivity index (χ3v) is 6.16. The number of aromatic nitrogens is 2. The SMILES string of the molecule is CC(C)c1ccc(-c2nccc(N(Cc3ccc(C(=O)O)cc3)Cc3cccs3)n2)cc1. The highest BCUT2D eigenvalue weighted by Crippen LogP contribution is 2.24. The first-order valence-corrected chi connectivity index (χ1v) is 11.4. The molecule has 0 atom stereocenters. The summed E-state index contributed by atoms with van der Waals surface area (Å²) < 4.78 is 0. The Labute approximate surface area is 192 Å². The Balaban J connectivity index is 1.63. The average Bonchev–Trinajstić information content (AvgIpc) is 3.32. The van der Waals surface area contributed by atoms with Crippen molar-refractivity contribution in [2.24, 2.45) is 0 Å². The maximum atomic E-state index is 11.2. The number of anilines is 1. The summed E-state index contributed by atoms with van der Waals surface area (Å²) in [6.07, 6.45) is 1.79. The van der Waals surface area contributed by atoms with E-state index in [1.54, 1.807) is 29.7 Å². The van der Waals surface area contributed by atoms with E-state index in [1.165, 1.54) is 10.4 Å². The molecule has 6 heteroatoms. The van der Waals surface area contributed by atoms with Gasteiger partial charge in [-0.05, 0) is 46.7 Å². The number of hydrogen-bond donors (Lipinski definition) is 1. The van der Waals surface area contributed by atoms with Crippen LogP contribution in [0.5, 0.6) is 0 Å². The van der Waals surface area contributed by atoms with Crippen LogP contribution >= 0.6 is 11.3 Å². The fourth-order valence-corrected chi connectivity index (χ4v) is 4.18. The number of carboxylic acids is 1. The molecule has 4 aromatic rings. The average molecular weight is 444 g/mol. The molecule has 2 aromatic carbocycles. The van der Waals surface area contributed by atoms with Crippen molar-refractivity contribution in [1.29, 1.82) is 0 Å². The van der Waals surface area contributed by atoms with Gasteiger partial charge in [0, 0.05) is 23.2 Å². The normalized spacial score (nSPS) is 11.0. The number of carbonyl (C=O) groups is 1. The summed E-state index contributed by atoms with van der Waals surface area (Å²) in [6, 6.07) is 21.5. The van der Waals surface area contributed by atoms with E-state index >= 15 is 0 Å². The molecule has 2 heterocycles. The van der Waals surface area contributed by atoms with Crippen molar-refractivity contribution in [2.45, 2.75) is 32.9 Å². The number of nitrogens with zero attached hydrogens (tertiary/aromatic N) is 3. The Bertz CT molecular complexity index is 1170. The zero-order chi connectivity index (χ0) is 22.5. The van der Waals surface area contributed by atoms with Crippen molar-refractivity contribution in [1.82, 2.24) is 9.97 Å². The van der Waals surface area contributed by atoms with E-state index in [2.05, 4.69) is 59.4 Å². The molecule has 0 saturated carbocycles. The largest absolute Gasteiger partial charge is 0.478 e. The molecule has 2 aromatic heterocycles. The van der Waals surface area contributed by atoms with Crippen LogP contribution in [-0.4, -0.2) is 21.0 Å². The van der Waals surface area contributed by atoms with Gasteiger partial charge >= 0.3 is 5.97 Å². The minimum atomic E-state index is -0.920. The predicted octanol–water partition coefficient (Wildman–Crippen LogP) is 6.23. The zero-order valence-electron chi connectivity index (χ0n) is 18.1. The summed E-state index contributed by atoms with van der Waals surface area (Å²) >= 11 is 1.70. The molecule has 0 bridgehead atoms. The van der Waals surface area contributed by atoms with Crippen LogP contribution in [0, 0.1) is 0 Å². The summed E-state index contributed by atoms with van der Waals surface area (Å²) in [5.41, 5.74) is 3.58. The first-order chi connectivity index (χ1) is 15.5. The molecule has 4 rings (SSSR count). The number of benzene rings is 2. The summed E-state index contributed by atoms with van der Waals surface area (Å²) in [6.45, 7) is 5.68. The summed E-state index contributed by atoms with van der Waals surface area (Å²) in [5.74, 6) is 1.08. The Morgan fingerprint density at radius 2 is 1.75 bits per heavy atom. The van der Waals surface area contributed by atoms with Crippen LogP contribution in [0.4, 0.5) is 5.82 Å². The quantitative estimate of drug-likeness (QED) is 0.349. The topological polar surface area (TPSA) is 66.3 Å². The molecular formula is C26H25N3O2S. The van der Waals surface area contributed by atoms with Crippen molar-refractivity contribution in [3.8, 4) is 11.4 Å². The van der Waals surface area contributed by atoms with Crippen molar-refractivity contribution in [2.75, 3.05) is 4.90 Å². The third kappa shape index (κ3) is 5.21. The van der Waals surface area contributed by atoms with Crippen LogP contribution in [0.1, 0.15) is 46.1 Å². The number of thiophene rings is 1. The molecule has 0 aliphatic heterocycles. The van der Waals surface area contributed by atoms with Crippen LogP contribution in [0.25, 0.3) is 11.4 Å². The first kappa shape index (κ1) is 21.7. The summed E-state index contributed by atoms with van der Waals surface area (Å²) in [4.78, 5) is 24.0. The molecule has 162 valence electrons. The Morgan fingerprint density at radius 3 is 2.38 bits per heavy atom. The molecule has 0 aliphatic rings. The van der Waals surface area contributed by atoms with Crippen LogP contribution in [-0.2, 0) is 13.1 Å². The molecule has 0 unspecified atom stereocenters. The smallest absolute Gasteiger partial charge is 0.335 e. The van der Waals surface area contributed by atoms with E-state index in [4.69, 9.17) is 10.1 Å². The van der Waals surface area contributed by atoms with E-state index in [-0.39, 0.29) is 5.56 Å². The lowest BCUT2D eigenvalue weighted by Crippen LogP contribution is -2.23. The van der Waals surface area contributed by atoms with Gasteiger partial charge in [0.05, 0.1) is 12.1 Å². The minimum Gasteiger partial charge on any atom is -0.478 e. The molecule has 0 aliphatic carbocycles. The minimum absolute atomic E-state index is 0.285. The van der Waals surface area contributed by atoms with Crippen molar-refractivity contribution in [3.63, 3.8) is 0 Å². The van der Waals surface area contributed by atoms with Crippen LogP contribution < -0.4 is 4.90 Å². The van der Waals surface area contributed by atoms with Gasteiger partial charge in [-0.3, -0.25) is 0 Å². The maximum absolute atomic E-state index is 11.2. The maximum Gasteiger partial charge on any atom is 0.335 e. The number of hydrogen-bond acceptors (Lipinski definition) is 5. The van der Waals surface area contributed by atoms with Gasteiger partial charge in [0.15, 0.2) is 5.82 Å². The van der Waals surface area contributed by atoms with E-state index in [1.807, 2.05) is 24.3 Å². The highest BCUT2D eigenvalue weighted by molar-refractivity contribution is 7.09. The molecule has 0 radical (unpaired) electrons. The highest BCUT2D eigenvalue weighted by atomic mass is 32.1. The van der Waals surface area contributed by atoms with Crippen LogP contribution in [0.15, 0.2) is 78.3 Å². The Morgan fingerprint density at radius 1 is 1.00 bits per heavy atom. The molecule has 0 spiro atoms. The fourth-order valence-electron chi connectivity index (χ4n) is 3.46. The van der Waals surface area contributed by atoms with Crippen molar-refractivity contribution < 1.29 is 9.90 Å². The van der Waals surface area contributed by atoms with Gasteiger partial charge in [-0.1, -0.05) is 56.3 Å². The molecule has 0 amide bonds. The highest BCUT2D eigenvalue weighted by Gasteiger charge is 2.13. The molecule has 0 saturated heterocycles. The summed E-state index contributed by atoms with van der Waals surface area (Å²) in [7, 11) is 0. The number of carboxylic acid groups (broad SMARTS) is 1. The van der Waals surface area contributed by atoms with Gasteiger partial charge in [0.25, 0.3) is 0 Å². The van der Waals surface area contributed by atoms with Gasteiger partial charge in [-0.25, -0.2) is 14.8 Å². The second kappa shape index (κ2) is 9.75. The lowest BCUT2D eigenvalue weighted by molar-refractivity contribution is 0.0697. The molecule has 0 fully saturated rings. The second-order valence-electron chi connectivity index (χ2n) is 7.95. The van der Waals surface area contributed by atoms with Gasteiger partial charge in [0.2, 0.25) is 0 Å². The van der Waals surface area contributed by atoms with E-state index < -0.39 is 5.97 Å². The van der Waals surface area contributed by atoms with E-state index in [0.29, 0.717) is 24.8 Å². The molecule has 32 heavy (non-hydrogen) atoms. The number of aromatic carboxylic acids is 1. The monoisotopic (exact) mass is 443 g/mol. The lowest BCUT2D eigenvalue weighted by Gasteiger charge is -2.24. The van der Waals surface area contributed by atoms with Gasteiger partial charge in [-0.15, -0.1) is 11.3 Å². The van der Waals surface area contributed by atoms with Crippen molar-refractivity contribution in [3.05, 3.63) is 99.9 Å². The Kier molecular flexibility index (Phi) is 6.61. The van der Waals surface area contributed by atoms with E-state index in [9.17, 15) is 4.79 Å². The third-order valence-electron chi connectivity index (χ3n) is 5.30. The van der Waals surface area contributed by atoms with Crippen LogP contribution in [0.3, 0.4) is 0 Å². The molecular weight excluding hydrogens is 418 g/mol. The van der Waals surface area contributed by atoms with Gasteiger partial charge in [-0.2, -0.15) is 0 Å². The van der Waals surface area contributed by atoms with Crippen molar-refractivity contribution >= 4 is 23.1 Å². The van der Waals surface area contributed by atoms with E-state index in [0.717, 1.165) is 16.9 Å².